The predicted octanol–water partition coefficient (Wildman–Crippen LogP) is 0.621. The number of carbonyl (C=O) groups excluding carboxylic acids is 1. The molecule has 8 fully saturated rings. The van der Waals surface area contributed by atoms with Gasteiger partial charge < -0.3 is 64.2 Å². The van der Waals surface area contributed by atoms with Gasteiger partial charge in [0.1, 0.15) is 54.6 Å². The van der Waals surface area contributed by atoms with Crippen LogP contribution in [-0.4, -0.2) is 141 Å². The van der Waals surface area contributed by atoms with Crippen molar-refractivity contribution in [2.45, 2.75) is 165 Å². The van der Waals surface area contributed by atoms with Crippen LogP contribution in [0.15, 0.2) is 0 Å². The Bertz CT molecular complexity index is 1340. The molecule has 0 aromatic carbocycles. The first kappa shape index (κ1) is 39.0. The lowest BCUT2D eigenvalue weighted by Crippen LogP contribution is -2.65. The summed E-state index contributed by atoms with van der Waals surface area (Å²) in [6.45, 7) is 8.74. The van der Waals surface area contributed by atoms with E-state index in [0.29, 0.717) is 42.9 Å². The van der Waals surface area contributed by atoms with Gasteiger partial charge in [-0.3, -0.25) is 4.79 Å². The zero-order valence-electron chi connectivity index (χ0n) is 31.4. The van der Waals surface area contributed by atoms with Crippen LogP contribution >= 0.6 is 0 Å². The molecule has 4 aliphatic heterocycles. The highest BCUT2D eigenvalue weighted by molar-refractivity contribution is 5.79. The average Bonchev–Trinajstić information content (AvgIpc) is 3.58. The lowest BCUT2D eigenvalue weighted by Gasteiger charge is -2.62. The second kappa shape index (κ2) is 14.2. The van der Waals surface area contributed by atoms with Crippen LogP contribution < -0.4 is 0 Å². The summed E-state index contributed by atoms with van der Waals surface area (Å²) in [4.78, 5) is 13.1. The summed E-state index contributed by atoms with van der Waals surface area (Å²) in [6, 6.07) is 0. The maximum atomic E-state index is 13.1. The van der Waals surface area contributed by atoms with Crippen molar-refractivity contribution in [3.8, 4) is 0 Å². The Balaban J connectivity index is 1.05. The van der Waals surface area contributed by atoms with Crippen LogP contribution in [0, 0.1) is 52.3 Å². The Morgan fingerprint density at radius 3 is 2.13 bits per heavy atom. The number of fused-ring (bicyclic) bond motifs is 7. The van der Waals surface area contributed by atoms with Crippen LogP contribution in [0.25, 0.3) is 0 Å². The molecule has 0 amide bonds. The van der Waals surface area contributed by atoms with Gasteiger partial charge >= 0.3 is 0 Å². The van der Waals surface area contributed by atoms with Crippen molar-refractivity contribution in [1.82, 2.24) is 0 Å². The molecular formula is C39H62O14. The van der Waals surface area contributed by atoms with Crippen LogP contribution in [0.4, 0.5) is 0 Å². The predicted molar refractivity (Wildman–Crippen MR) is 183 cm³/mol. The van der Waals surface area contributed by atoms with Crippen LogP contribution in [0.1, 0.15) is 85.5 Å². The Morgan fingerprint density at radius 2 is 1.45 bits per heavy atom. The molecule has 8 aliphatic rings. The summed E-state index contributed by atoms with van der Waals surface area (Å²) in [6.07, 6.45) is -8.33. The topological polar surface area (TPSA) is 214 Å². The molecule has 302 valence electrons. The van der Waals surface area contributed by atoms with E-state index in [1.165, 1.54) is 0 Å². The number of aliphatic hydroxyl groups is 7. The second-order valence-electron chi connectivity index (χ2n) is 18.7. The number of hydrogen-bond acceptors (Lipinski definition) is 14. The molecule has 4 saturated carbocycles. The van der Waals surface area contributed by atoms with E-state index < -0.39 is 86.5 Å². The standard InChI is InChI=1S/C39H62O14/c1-17-5-10-39(48-16-17)18(2)28-25(53-39)13-22-20-12-24(23-11-19(42)6-8-37(23,3)21(20)7-9-38(22,28)4)49-36-33(47)34(30(44)27(15-41)51-36)52-35-32(46)31(45)29(43)26(14-40)50-35/h17-18,20-36,40-41,43-47H,5-16H2,1-4H3/t17-,18+,20-,21+,22+,23-,24+,25+,26-,27-,28+,29-,30-,31+,32-,33-,34+,35+,36-,37-,38+,39-/m1/s1. The van der Waals surface area contributed by atoms with Gasteiger partial charge in [-0.25, -0.2) is 0 Å². The Kier molecular flexibility index (Phi) is 10.5. The number of Topliss-reactive ketones (excluding diaryl/α,β-unsaturated/α-hetero) is 1. The monoisotopic (exact) mass is 754 g/mol. The van der Waals surface area contributed by atoms with E-state index in [0.717, 1.165) is 45.1 Å². The van der Waals surface area contributed by atoms with Gasteiger partial charge in [0.2, 0.25) is 0 Å². The Hall–Kier alpha value is -0.850. The third kappa shape index (κ3) is 6.12. The number of ether oxygens (including phenoxy) is 6. The van der Waals surface area contributed by atoms with Gasteiger partial charge in [0.15, 0.2) is 18.4 Å². The molecule has 0 unspecified atom stereocenters. The van der Waals surface area contributed by atoms with Gasteiger partial charge in [-0.15, -0.1) is 0 Å². The highest BCUT2D eigenvalue weighted by Crippen LogP contribution is 2.71. The SMILES string of the molecule is C[C@@H]1CC[C@@]2(OC1)O[C@H]1C[C@H]3[C@@H]4C[C@H](O[C@@H]5O[C@H](CO)[C@@H](O)[C@H](O[C@@H]6O[C@H](CO)[C@@H](O)[C@H](O)[C@H]6O)[C@H]5O)[C@H]5CC(=O)CC[C@]5(C)[C@H]4CC[C@]3(C)[C@H]1[C@@H]2C. The van der Waals surface area contributed by atoms with Crippen LogP contribution in [0.5, 0.6) is 0 Å². The molecule has 7 N–H and O–H groups in total. The van der Waals surface area contributed by atoms with E-state index in [1.54, 1.807) is 0 Å². The summed E-state index contributed by atoms with van der Waals surface area (Å²) in [5.74, 6) is 1.74. The molecule has 22 atom stereocenters. The highest BCUT2D eigenvalue weighted by Gasteiger charge is 2.70. The number of carbonyl (C=O) groups is 1. The lowest BCUT2D eigenvalue weighted by atomic mass is 9.43. The van der Waals surface area contributed by atoms with E-state index in [2.05, 4.69) is 27.7 Å². The Morgan fingerprint density at radius 1 is 0.755 bits per heavy atom. The fourth-order valence-electron chi connectivity index (χ4n) is 13.1. The molecule has 14 nitrogen and oxygen atoms in total. The third-order valence-corrected chi connectivity index (χ3v) is 16.0. The number of rotatable bonds is 6. The van der Waals surface area contributed by atoms with E-state index in [4.69, 9.17) is 28.4 Å². The first-order valence-corrected chi connectivity index (χ1v) is 20.2. The molecule has 0 aromatic rings. The van der Waals surface area contributed by atoms with Crippen molar-refractivity contribution in [2.24, 2.45) is 52.3 Å². The summed E-state index contributed by atoms with van der Waals surface area (Å²) in [5.41, 5.74) is -0.157. The van der Waals surface area contributed by atoms with Crippen molar-refractivity contribution < 1.29 is 69.0 Å². The molecule has 0 radical (unpaired) electrons. The average molecular weight is 755 g/mol. The summed E-state index contributed by atoms with van der Waals surface area (Å²) in [7, 11) is 0. The molecule has 4 heterocycles. The fourth-order valence-corrected chi connectivity index (χ4v) is 13.1. The van der Waals surface area contributed by atoms with Crippen molar-refractivity contribution in [3.05, 3.63) is 0 Å². The van der Waals surface area contributed by atoms with Crippen molar-refractivity contribution >= 4 is 5.78 Å². The third-order valence-electron chi connectivity index (χ3n) is 16.0. The maximum Gasteiger partial charge on any atom is 0.187 e. The smallest absolute Gasteiger partial charge is 0.187 e. The van der Waals surface area contributed by atoms with E-state index >= 15 is 0 Å². The molecular weight excluding hydrogens is 692 g/mol. The Labute approximate surface area is 311 Å². The number of ketones is 1. The molecule has 14 heteroatoms. The quantitative estimate of drug-likeness (QED) is 0.185. The summed E-state index contributed by atoms with van der Waals surface area (Å²) < 4.78 is 37.7. The lowest BCUT2D eigenvalue weighted by molar-refractivity contribution is -0.368. The van der Waals surface area contributed by atoms with Gasteiger partial charge in [0, 0.05) is 25.2 Å². The van der Waals surface area contributed by atoms with E-state index in [9.17, 15) is 40.5 Å². The summed E-state index contributed by atoms with van der Waals surface area (Å²) in [5, 5.41) is 74.0. The van der Waals surface area contributed by atoms with Crippen molar-refractivity contribution in [3.63, 3.8) is 0 Å². The van der Waals surface area contributed by atoms with Gasteiger partial charge in [-0.1, -0.05) is 27.7 Å². The maximum absolute atomic E-state index is 13.1. The molecule has 8 rings (SSSR count). The van der Waals surface area contributed by atoms with Gasteiger partial charge in [0.25, 0.3) is 0 Å². The normalized spacial score (nSPS) is 58.2. The molecule has 53 heavy (non-hydrogen) atoms. The number of aliphatic hydroxyl groups excluding tert-OH is 7. The molecule has 4 aliphatic carbocycles. The summed E-state index contributed by atoms with van der Waals surface area (Å²) >= 11 is 0. The molecule has 1 spiro atoms. The van der Waals surface area contributed by atoms with E-state index in [1.807, 2.05) is 0 Å². The van der Waals surface area contributed by atoms with Crippen LogP contribution in [0.2, 0.25) is 0 Å². The zero-order valence-corrected chi connectivity index (χ0v) is 31.4. The zero-order chi connectivity index (χ0) is 37.8. The first-order valence-electron chi connectivity index (χ1n) is 20.2. The van der Waals surface area contributed by atoms with Gasteiger partial charge in [0.05, 0.1) is 32.0 Å². The highest BCUT2D eigenvalue weighted by atomic mass is 16.7. The fraction of sp³-hybridized carbons (Fsp3) is 0.974. The molecule has 4 saturated heterocycles. The van der Waals surface area contributed by atoms with Gasteiger partial charge in [-0.2, -0.15) is 0 Å². The first-order chi connectivity index (χ1) is 25.2. The van der Waals surface area contributed by atoms with Crippen LogP contribution in [0.3, 0.4) is 0 Å². The van der Waals surface area contributed by atoms with Crippen molar-refractivity contribution in [1.29, 1.82) is 0 Å². The number of hydrogen-bond donors (Lipinski definition) is 7. The minimum Gasteiger partial charge on any atom is -0.394 e. The van der Waals surface area contributed by atoms with Crippen molar-refractivity contribution in [2.75, 3.05) is 19.8 Å². The van der Waals surface area contributed by atoms with Gasteiger partial charge in [-0.05, 0) is 84.9 Å². The minimum atomic E-state index is -1.77. The molecule has 0 aromatic heterocycles. The largest absolute Gasteiger partial charge is 0.394 e. The van der Waals surface area contributed by atoms with Crippen LogP contribution in [-0.2, 0) is 33.2 Å². The van der Waals surface area contributed by atoms with E-state index in [-0.39, 0.29) is 40.5 Å². The molecule has 0 bridgehead atoms. The second-order valence-corrected chi connectivity index (χ2v) is 18.7. The minimum absolute atomic E-state index is 0.0384.